The second kappa shape index (κ2) is 10.1. The first-order valence-electron chi connectivity index (χ1n) is 15.2. The Hall–Kier alpha value is -0.380. The van der Waals surface area contributed by atoms with Crippen LogP contribution in [-0.4, -0.2) is 31.7 Å². The largest absolute Gasteiger partial charge is 0.377 e. The fraction of sp³-hybridized carbons (Fsp3) is 0.938. The number of allylic oxidation sites excluding steroid dienone is 1. The fourth-order valence-corrected chi connectivity index (χ4v) is 9.32. The normalized spacial score (nSPS) is 45.9. The lowest BCUT2D eigenvalue weighted by Gasteiger charge is -2.60. The smallest absolute Gasteiger partial charge is 0.157 e. The zero-order valence-corrected chi connectivity index (χ0v) is 23.7. The summed E-state index contributed by atoms with van der Waals surface area (Å²) in [5.41, 5.74) is 2.69. The van der Waals surface area contributed by atoms with E-state index in [1.54, 1.807) is 5.57 Å². The van der Waals surface area contributed by atoms with Crippen molar-refractivity contribution in [1.82, 2.24) is 0 Å². The van der Waals surface area contributed by atoms with Gasteiger partial charge in [-0.05, 0) is 98.7 Å². The van der Waals surface area contributed by atoms with Crippen molar-refractivity contribution in [2.45, 2.75) is 137 Å². The molecule has 0 aromatic rings. The maximum Gasteiger partial charge on any atom is 0.157 e. The maximum atomic E-state index is 6.92. The van der Waals surface area contributed by atoms with Gasteiger partial charge in [-0.25, -0.2) is 0 Å². The van der Waals surface area contributed by atoms with Gasteiger partial charge in [-0.1, -0.05) is 59.6 Å². The van der Waals surface area contributed by atoms with E-state index < -0.39 is 0 Å². The quantitative estimate of drug-likeness (QED) is 0.353. The van der Waals surface area contributed by atoms with Crippen molar-refractivity contribution in [1.29, 1.82) is 0 Å². The van der Waals surface area contributed by atoms with Crippen molar-refractivity contribution >= 4 is 0 Å². The van der Waals surface area contributed by atoms with Crippen molar-refractivity contribution in [3.05, 3.63) is 11.6 Å². The van der Waals surface area contributed by atoms with Gasteiger partial charge in [0, 0.05) is 25.0 Å². The SMILES string of the molecule is CC[C@H]1CC[C@H]2[C@@H]3CC=C4C[C@@H](OC5CCCCO5)CC(OCCC(C)(C)C)[C@]4(C)[C@H]3CC[C@]12C. The topological polar surface area (TPSA) is 27.7 Å². The second-order valence-electron chi connectivity index (χ2n) is 14.5. The summed E-state index contributed by atoms with van der Waals surface area (Å²) in [6.07, 6.45) is 18.2. The first kappa shape index (κ1) is 26.2. The first-order chi connectivity index (χ1) is 16.6. The number of ether oxygens (including phenoxy) is 3. The third-order valence-electron chi connectivity index (χ3n) is 11.5. The Morgan fingerprint density at radius 1 is 1.06 bits per heavy atom. The van der Waals surface area contributed by atoms with Crippen LogP contribution in [0.5, 0.6) is 0 Å². The summed E-state index contributed by atoms with van der Waals surface area (Å²) in [7, 11) is 0. The van der Waals surface area contributed by atoms with Crippen molar-refractivity contribution in [3.63, 3.8) is 0 Å². The van der Waals surface area contributed by atoms with Gasteiger partial charge in [-0.3, -0.25) is 0 Å². The molecule has 1 heterocycles. The van der Waals surface area contributed by atoms with E-state index in [0.717, 1.165) is 62.6 Å². The standard InChI is InChI=1S/C32H54O3/c1-7-22-12-14-26-25-13-11-23-20-24(35-29-10-8-9-18-34-29)21-28(33-19-17-30(2,3)4)32(23,6)27(25)15-16-31(22,26)5/h11,22,24-29H,7-10,12-21H2,1-6H3/t22-,24+,25-,26-,27-,28?,29?,31+,32-/m0/s1. The van der Waals surface area contributed by atoms with Crippen LogP contribution in [0.2, 0.25) is 0 Å². The molecule has 0 bridgehead atoms. The van der Waals surface area contributed by atoms with Gasteiger partial charge in [0.15, 0.2) is 6.29 Å². The number of rotatable bonds is 6. The summed E-state index contributed by atoms with van der Waals surface area (Å²) in [5, 5.41) is 0. The van der Waals surface area contributed by atoms with E-state index in [9.17, 15) is 0 Å². The lowest BCUT2D eigenvalue weighted by Crippen LogP contribution is -2.56. The van der Waals surface area contributed by atoms with E-state index in [0.29, 0.717) is 10.8 Å². The number of hydrogen-bond donors (Lipinski definition) is 0. The van der Waals surface area contributed by atoms with Gasteiger partial charge < -0.3 is 14.2 Å². The molecule has 1 saturated heterocycles. The Morgan fingerprint density at radius 3 is 2.60 bits per heavy atom. The summed E-state index contributed by atoms with van der Waals surface area (Å²) in [4.78, 5) is 0. The highest BCUT2D eigenvalue weighted by Gasteiger charge is 2.60. The minimum atomic E-state index is -0.00914. The molecule has 35 heavy (non-hydrogen) atoms. The number of fused-ring (bicyclic) bond motifs is 5. The molecule has 3 nitrogen and oxygen atoms in total. The van der Waals surface area contributed by atoms with Gasteiger partial charge in [-0.15, -0.1) is 0 Å². The lowest BCUT2D eigenvalue weighted by atomic mass is 9.46. The predicted molar refractivity (Wildman–Crippen MR) is 143 cm³/mol. The van der Waals surface area contributed by atoms with Gasteiger partial charge in [0.1, 0.15) is 0 Å². The Balaban J connectivity index is 1.39. The first-order valence-corrected chi connectivity index (χ1v) is 15.2. The summed E-state index contributed by atoms with van der Waals surface area (Å²) >= 11 is 0. The van der Waals surface area contributed by atoms with Gasteiger partial charge in [-0.2, -0.15) is 0 Å². The van der Waals surface area contributed by atoms with E-state index >= 15 is 0 Å². The third kappa shape index (κ3) is 4.92. The molecule has 3 heteroatoms. The molecule has 4 fully saturated rings. The minimum absolute atomic E-state index is 0.00914. The van der Waals surface area contributed by atoms with Crippen LogP contribution in [0.25, 0.3) is 0 Å². The van der Waals surface area contributed by atoms with E-state index in [1.165, 1.54) is 51.4 Å². The Labute approximate surface area is 216 Å². The van der Waals surface area contributed by atoms with Crippen molar-refractivity contribution in [3.8, 4) is 0 Å². The predicted octanol–water partition coefficient (Wildman–Crippen LogP) is 8.32. The molecule has 0 aromatic carbocycles. The van der Waals surface area contributed by atoms with Gasteiger partial charge >= 0.3 is 0 Å². The minimum Gasteiger partial charge on any atom is -0.377 e. The molecule has 5 aliphatic rings. The van der Waals surface area contributed by atoms with Crippen molar-refractivity contribution in [2.75, 3.05) is 13.2 Å². The molecule has 0 radical (unpaired) electrons. The molecule has 0 spiro atoms. The molecule has 200 valence electrons. The van der Waals surface area contributed by atoms with Crippen LogP contribution < -0.4 is 0 Å². The molecule has 0 aromatic heterocycles. The summed E-state index contributed by atoms with van der Waals surface area (Å²) in [6.45, 7) is 16.4. The summed E-state index contributed by atoms with van der Waals surface area (Å²) in [6, 6.07) is 0. The van der Waals surface area contributed by atoms with Crippen LogP contribution in [0.1, 0.15) is 119 Å². The zero-order chi connectivity index (χ0) is 24.8. The average molecular weight is 487 g/mol. The van der Waals surface area contributed by atoms with Crippen molar-refractivity contribution in [2.24, 2.45) is 39.9 Å². The maximum absolute atomic E-state index is 6.92. The molecule has 4 aliphatic carbocycles. The fourth-order valence-electron chi connectivity index (χ4n) is 9.32. The van der Waals surface area contributed by atoms with Crippen LogP contribution in [0, 0.1) is 39.9 Å². The molecular weight excluding hydrogens is 432 g/mol. The van der Waals surface area contributed by atoms with E-state index in [1.807, 2.05) is 0 Å². The van der Waals surface area contributed by atoms with Crippen LogP contribution >= 0.6 is 0 Å². The molecule has 3 saturated carbocycles. The Morgan fingerprint density at radius 2 is 1.89 bits per heavy atom. The highest BCUT2D eigenvalue weighted by molar-refractivity contribution is 5.28. The summed E-state index contributed by atoms with van der Waals surface area (Å²) < 4.78 is 19.5. The number of hydrogen-bond acceptors (Lipinski definition) is 3. The zero-order valence-electron chi connectivity index (χ0n) is 23.7. The molecule has 5 rings (SSSR count). The molecule has 2 unspecified atom stereocenters. The van der Waals surface area contributed by atoms with Gasteiger partial charge in [0.2, 0.25) is 0 Å². The summed E-state index contributed by atoms with van der Waals surface area (Å²) in [5.74, 6) is 3.44. The van der Waals surface area contributed by atoms with Crippen LogP contribution in [0.15, 0.2) is 11.6 Å². The lowest BCUT2D eigenvalue weighted by molar-refractivity contribution is -0.210. The Bertz CT molecular complexity index is 761. The highest BCUT2D eigenvalue weighted by Crippen LogP contribution is 2.67. The molecule has 0 N–H and O–H groups in total. The molecule has 9 atom stereocenters. The molecule has 0 amide bonds. The molecule has 1 aliphatic heterocycles. The van der Waals surface area contributed by atoms with E-state index in [-0.39, 0.29) is 23.9 Å². The highest BCUT2D eigenvalue weighted by atomic mass is 16.7. The molecular formula is C32H54O3. The monoisotopic (exact) mass is 486 g/mol. The van der Waals surface area contributed by atoms with Gasteiger partial charge in [0.25, 0.3) is 0 Å². The van der Waals surface area contributed by atoms with E-state index in [2.05, 4.69) is 47.6 Å². The Kier molecular flexibility index (Phi) is 7.54. The van der Waals surface area contributed by atoms with Gasteiger partial charge in [0.05, 0.1) is 12.2 Å². The van der Waals surface area contributed by atoms with Crippen molar-refractivity contribution < 1.29 is 14.2 Å². The van der Waals surface area contributed by atoms with Crippen LogP contribution in [0.4, 0.5) is 0 Å². The van der Waals surface area contributed by atoms with Crippen LogP contribution in [-0.2, 0) is 14.2 Å². The second-order valence-corrected chi connectivity index (χ2v) is 14.5. The van der Waals surface area contributed by atoms with E-state index in [4.69, 9.17) is 14.2 Å². The van der Waals surface area contributed by atoms with Crippen LogP contribution in [0.3, 0.4) is 0 Å². The average Bonchev–Trinajstić information content (AvgIpc) is 3.16. The third-order valence-corrected chi connectivity index (χ3v) is 11.5.